The van der Waals surface area contributed by atoms with E-state index in [0.29, 0.717) is 28.8 Å². The molecule has 3 aromatic rings. The highest BCUT2D eigenvalue weighted by Gasteiger charge is 2.25. The highest BCUT2D eigenvalue weighted by molar-refractivity contribution is 7.46. The number of nitrogens with one attached hydrogen (secondary N) is 1. The molecule has 0 saturated carbocycles. The molecule has 0 aliphatic carbocycles. The van der Waals surface area contributed by atoms with E-state index in [1.807, 2.05) is 0 Å². The molecule has 2 heterocycles. The summed E-state index contributed by atoms with van der Waals surface area (Å²) in [5, 5.41) is 9.92. The quantitative estimate of drug-likeness (QED) is 0.451. The molecule has 0 fully saturated rings. The number of phosphoric acid groups is 1. The number of H-pyrrole nitrogens is 1. The number of hydrogen-bond donors (Lipinski definition) is 4. The number of pyridine rings is 1. The molecule has 11 heteroatoms. The van der Waals surface area contributed by atoms with E-state index >= 15 is 0 Å². The van der Waals surface area contributed by atoms with Crippen molar-refractivity contribution >= 4 is 30.6 Å². The molecule has 2 aromatic heterocycles. The van der Waals surface area contributed by atoms with Gasteiger partial charge in [0.25, 0.3) is 6.01 Å². The average molecular weight is 416 g/mol. The first-order valence-electron chi connectivity index (χ1n) is 7.93. The molecule has 1 aromatic carbocycles. The predicted octanol–water partition coefficient (Wildman–Crippen LogP) is 3.73. The fraction of sp³-hybridized carbons (Fsp3) is 0.250. The standard InChI is InChI=1S/C16H16ClFN3O5P/c1-2-8(7-26-27(23,24)25)13-12(17)11(9-3-5-10(18)6-4-9)14-15(19-13)21-16(22)20-14/h3-6,8H,2,7H2,1H3,(H2,23,24,25)(H2,19,20,21,22)/t8-/m1/s1. The average Bonchev–Trinajstić information content (AvgIpc) is 2.96. The van der Waals surface area contributed by atoms with Crippen LogP contribution in [-0.2, 0) is 9.09 Å². The smallest absolute Gasteiger partial charge is 0.469 e. The summed E-state index contributed by atoms with van der Waals surface area (Å²) in [6.45, 7) is 1.48. The fourth-order valence-corrected chi connectivity index (χ4v) is 3.52. The molecule has 4 N–H and O–H groups in total. The molecule has 0 amide bonds. The highest BCUT2D eigenvalue weighted by Crippen LogP contribution is 2.42. The Kier molecular flexibility index (Phi) is 5.50. The number of nitrogens with zero attached hydrogens (tertiary/aromatic N) is 2. The van der Waals surface area contributed by atoms with Crippen molar-refractivity contribution in [2.24, 2.45) is 0 Å². The van der Waals surface area contributed by atoms with E-state index in [2.05, 4.69) is 19.5 Å². The van der Waals surface area contributed by atoms with E-state index < -0.39 is 19.6 Å². The van der Waals surface area contributed by atoms with Crippen LogP contribution < -0.4 is 0 Å². The van der Waals surface area contributed by atoms with Crippen LogP contribution in [0.2, 0.25) is 5.02 Å². The summed E-state index contributed by atoms with van der Waals surface area (Å²) in [5.41, 5.74) is 1.84. The summed E-state index contributed by atoms with van der Waals surface area (Å²) < 4.78 is 28.9. The van der Waals surface area contributed by atoms with Crippen molar-refractivity contribution in [3.63, 3.8) is 0 Å². The summed E-state index contributed by atoms with van der Waals surface area (Å²) >= 11 is 6.56. The van der Waals surface area contributed by atoms with Gasteiger partial charge in [0.2, 0.25) is 0 Å². The second-order valence-corrected chi connectivity index (χ2v) is 7.46. The number of imidazole rings is 1. The number of aromatic nitrogens is 3. The first kappa shape index (κ1) is 19.7. The van der Waals surface area contributed by atoms with E-state index in [1.165, 1.54) is 24.3 Å². The van der Waals surface area contributed by atoms with Gasteiger partial charge in [-0.3, -0.25) is 4.52 Å². The molecule has 0 bridgehead atoms. The van der Waals surface area contributed by atoms with Crippen molar-refractivity contribution in [3.05, 3.63) is 40.8 Å². The molecule has 144 valence electrons. The summed E-state index contributed by atoms with van der Waals surface area (Å²) in [6.07, 6.45) is 0.428. The lowest BCUT2D eigenvalue weighted by Crippen LogP contribution is -2.10. The van der Waals surface area contributed by atoms with E-state index in [-0.39, 0.29) is 23.3 Å². The van der Waals surface area contributed by atoms with E-state index in [1.54, 1.807) is 6.92 Å². The van der Waals surface area contributed by atoms with Crippen LogP contribution in [-0.4, -0.2) is 36.5 Å². The Morgan fingerprint density at radius 3 is 2.56 bits per heavy atom. The maximum atomic E-state index is 13.3. The molecule has 0 spiro atoms. The van der Waals surface area contributed by atoms with Crippen molar-refractivity contribution in [1.29, 1.82) is 0 Å². The first-order valence-corrected chi connectivity index (χ1v) is 9.84. The number of fused-ring (bicyclic) bond motifs is 1. The van der Waals surface area contributed by atoms with Gasteiger partial charge in [-0.15, -0.1) is 0 Å². The Bertz CT molecular complexity index is 1020. The zero-order chi connectivity index (χ0) is 19.8. The van der Waals surface area contributed by atoms with Crippen LogP contribution >= 0.6 is 19.4 Å². The zero-order valence-corrected chi connectivity index (χ0v) is 15.7. The molecule has 0 unspecified atom stereocenters. The number of hydrogen-bond acceptors (Lipinski definition) is 5. The molecule has 0 radical (unpaired) electrons. The molecular formula is C16H16ClFN3O5P. The van der Waals surface area contributed by atoms with Gasteiger partial charge in [-0.25, -0.2) is 13.9 Å². The van der Waals surface area contributed by atoms with Gasteiger partial charge < -0.3 is 19.9 Å². The van der Waals surface area contributed by atoms with Crippen molar-refractivity contribution in [2.45, 2.75) is 19.3 Å². The summed E-state index contributed by atoms with van der Waals surface area (Å²) in [7, 11) is -4.66. The third kappa shape index (κ3) is 4.28. The Hall–Kier alpha value is -2.03. The van der Waals surface area contributed by atoms with Crippen molar-refractivity contribution in [2.75, 3.05) is 6.61 Å². The Labute approximate surface area is 158 Å². The molecule has 27 heavy (non-hydrogen) atoms. The Balaban J connectivity index is 2.17. The number of rotatable bonds is 6. The van der Waals surface area contributed by atoms with E-state index in [4.69, 9.17) is 21.4 Å². The van der Waals surface area contributed by atoms with Crippen LogP contribution in [0.4, 0.5) is 4.39 Å². The van der Waals surface area contributed by atoms with Gasteiger partial charge in [-0.2, -0.15) is 4.98 Å². The highest BCUT2D eigenvalue weighted by atomic mass is 35.5. The second kappa shape index (κ2) is 7.53. The summed E-state index contributed by atoms with van der Waals surface area (Å²) in [6, 6.07) is 5.20. The van der Waals surface area contributed by atoms with Gasteiger partial charge in [0.1, 0.15) is 5.82 Å². The minimum absolute atomic E-state index is 0.167. The van der Waals surface area contributed by atoms with Crippen molar-refractivity contribution in [3.8, 4) is 17.1 Å². The van der Waals surface area contributed by atoms with Gasteiger partial charge in [0.15, 0.2) is 5.65 Å². The van der Waals surface area contributed by atoms with Gasteiger partial charge in [0, 0.05) is 11.5 Å². The number of benzene rings is 1. The normalized spacial score (nSPS) is 13.2. The first-order chi connectivity index (χ1) is 12.7. The number of phosphoric ester groups is 1. The SMILES string of the molecule is CC[C@H](COP(=O)(O)O)c1nc2nc(O)[nH]c2c(-c2ccc(F)cc2)c1Cl. The van der Waals surface area contributed by atoms with Gasteiger partial charge in [-0.05, 0) is 24.1 Å². The van der Waals surface area contributed by atoms with Crippen molar-refractivity contribution < 1.29 is 28.4 Å². The van der Waals surface area contributed by atoms with Crippen LogP contribution in [0.3, 0.4) is 0 Å². The molecule has 1 atom stereocenters. The Morgan fingerprint density at radius 2 is 1.96 bits per heavy atom. The van der Waals surface area contributed by atoms with Crippen LogP contribution in [0, 0.1) is 5.82 Å². The minimum atomic E-state index is -4.66. The lowest BCUT2D eigenvalue weighted by Gasteiger charge is -2.18. The third-order valence-corrected chi connectivity index (χ3v) is 4.92. The van der Waals surface area contributed by atoms with Crippen LogP contribution in [0.1, 0.15) is 25.0 Å². The third-order valence-electron chi connectivity index (χ3n) is 4.05. The lowest BCUT2D eigenvalue weighted by atomic mass is 9.97. The topological polar surface area (TPSA) is 129 Å². The van der Waals surface area contributed by atoms with Gasteiger partial charge in [-0.1, -0.05) is 30.7 Å². The molecule has 3 rings (SSSR count). The molecule has 0 aliphatic heterocycles. The molecule has 0 saturated heterocycles. The summed E-state index contributed by atoms with van der Waals surface area (Å²) in [5.74, 6) is -0.957. The maximum absolute atomic E-state index is 13.3. The van der Waals surface area contributed by atoms with Gasteiger partial charge >= 0.3 is 7.82 Å². The number of halogens is 2. The fourth-order valence-electron chi connectivity index (χ4n) is 2.74. The van der Waals surface area contributed by atoms with Crippen LogP contribution in [0.15, 0.2) is 24.3 Å². The summed E-state index contributed by atoms with van der Waals surface area (Å²) in [4.78, 5) is 28.8. The number of aromatic amines is 1. The number of aromatic hydroxyl groups is 1. The molecular weight excluding hydrogens is 400 g/mol. The van der Waals surface area contributed by atoms with Gasteiger partial charge in [0.05, 0.1) is 22.8 Å². The maximum Gasteiger partial charge on any atom is 0.469 e. The van der Waals surface area contributed by atoms with Crippen molar-refractivity contribution in [1.82, 2.24) is 15.0 Å². The largest absolute Gasteiger partial charge is 0.480 e. The Morgan fingerprint density at radius 1 is 1.30 bits per heavy atom. The second-order valence-electron chi connectivity index (χ2n) is 5.84. The van der Waals surface area contributed by atoms with Crippen LogP contribution in [0.25, 0.3) is 22.3 Å². The van der Waals surface area contributed by atoms with E-state index in [9.17, 15) is 14.1 Å². The van der Waals surface area contributed by atoms with E-state index in [0.717, 1.165) is 0 Å². The minimum Gasteiger partial charge on any atom is -0.480 e. The zero-order valence-electron chi connectivity index (χ0n) is 14.1. The monoisotopic (exact) mass is 415 g/mol. The lowest BCUT2D eigenvalue weighted by molar-refractivity contribution is 0.183. The molecule has 0 aliphatic rings. The van der Waals surface area contributed by atoms with Crippen LogP contribution in [0.5, 0.6) is 6.01 Å². The predicted molar refractivity (Wildman–Crippen MR) is 97.0 cm³/mol. The molecule has 8 nitrogen and oxygen atoms in total.